The summed E-state index contributed by atoms with van der Waals surface area (Å²) < 4.78 is 8.60. The van der Waals surface area contributed by atoms with E-state index in [0.717, 1.165) is 5.69 Å². The number of aromatic nitrogens is 4. The normalized spacial score (nSPS) is 11.4. The van der Waals surface area contributed by atoms with Gasteiger partial charge in [0.25, 0.3) is 0 Å². The van der Waals surface area contributed by atoms with Crippen molar-refractivity contribution in [3.05, 3.63) is 68.0 Å². The number of hydrogen-bond donors (Lipinski definition) is 0. The largest absolute Gasteiger partial charge is 0.460 e. The molecule has 0 spiro atoms. The van der Waals surface area contributed by atoms with Crippen LogP contribution in [-0.4, -0.2) is 30.3 Å². The summed E-state index contributed by atoms with van der Waals surface area (Å²) in [5, 5.41) is 18.8. The molecule has 0 amide bonds. The Morgan fingerprint density at radius 2 is 2.11 bits per heavy atom. The van der Waals surface area contributed by atoms with E-state index in [2.05, 4.69) is 10.2 Å². The van der Waals surface area contributed by atoms with Crippen molar-refractivity contribution in [3.63, 3.8) is 0 Å². The number of halogens is 1. The number of nitrogens with zero attached hydrogens (tertiary/aromatic N) is 5. The van der Waals surface area contributed by atoms with Gasteiger partial charge in [0.2, 0.25) is 0 Å². The highest BCUT2D eigenvalue weighted by Crippen LogP contribution is 2.22. The molecule has 0 aliphatic heterocycles. The van der Waals surface area contributed by atoms with Gasteiger partial charge in [-0.2, -0.15) is 9.78 Å². The molecule has 0 aliphatic rings. The number of carbonyl (C=O) groups is 1. The molecule has 0 saturated heterocycles. The molecule has 0 saturated carbocycles. The van der Waals surface area contributed by atoms with Crippen LogP contribution in [0.15, 0.2) is 28.8 Å². The minimum atomic E-state index is -0.650. The van der Waals surface area contributed by atoms with Crippen molar-refractivity contribution in [2.24, 2.45) is 7.05 Å². The fourth-order valence-electron chi connectivity index (χ4n) is 2.69. The van der Waals surface area contributed by atoms with Crippen molar-refractivity contribution in [2.45, 2.75) is 20.4 Å². The van der Waals surface area contributed by atoms with Crippen LogP contribution in [-0.2, 0) is 13.6 Å². The van der Waals surface area contributed by atoms with Gasteiger partial charge >= 0.3 is 5.82 Å². The lowest BCUT2D eigenvalue weighted by molar-refractivity contribution is -0.389. The maximum atomic E-state index is 12.4. The molecule has 0 N–H and O–H groups in total. The van der Waals surface area contributed by atoms with Crippen LogP contribution < -0.4 is 0 Å². The van der Waals surface area contributed by atoms with Crippen LogP contribution in [0.25, 0.3) is 6.08 Å². The molecule has 0 bridgehead atoms. The molecule has 0 unspecified atom stereocenters. The lowest BCUT2D eigenvalue weighted by atomic mass is 10.1. The first-order chi connectivity index (χ1) is 12.8. The molecule has 3 heterocycles. The van der Waals surface area contributed by atoms with Gasteiger partial charge < -0.3 is 14.5 Å². The Kier molecular flexibility index (Phi) is 4.95. The van der Waals surface area contributed by atoms with Gasteiger partial charge in [-0.3, -0.25) is 9.48 Å². The molecule has 27 heavy (non-hydrogen) atoms. The predicted octanol–water partition coefficient (Wildman–Crippen LogP) is 3.33. The quantitative estimate of drug-likeness (QED) is 0.277. The third-order valence-corrected chi connectivity index (χ3v) is 4.29. The summed E-state index contributed by atoms with van der Waals surface area (Å²) in [4.78, 5) is 22.5. The number of carbonyl (C=O) groups excluding carboxylic acids is 1. The maximum Gasteiger partial charge on any atom is 0.408 e. The van der Waals surface area contributed by atoms with Crippen molar-refractivity contribution in [1.82, 2.24) is 19.6 Å². The van der Waals surface area contributed by atoms with E-state index in [4.69, 9.17) is 16.0 Å². The number of rotatable bonds is 6. The minimum Gasteiger partial charge on any atom is -0.460 e. The first-order valence-electron chi connectivity index (χ1n) is 7.95. The zero-order chi connectivity index (χ0) is 19.7. The highest BCUT2D eigenvalue weighted by molar-refractivity contribution is 6.32. The van der Waals surface area contributed by atoms with Crippen LogP contribution in [0.4, 0.5) is 5.82 Å². The lowest BCUT2D eigenvalue weighted by Gasteiger charge is -1.96. The van der Waals surface area contributed by atoms with Crippen molar-refractivity contribution in [1.29, 1.82) is 0 Å². The van der Waals surface area contributed by atoms with Crippen LogP contribution >= 0.6 is 11.6 Å². The van der Waals surface area contributed by atoms with Gasteiger partial charge in [-0.1, -0.05) is 11.6 Å². The van der Waals surface area contributed by atoms with Gasteiger partial charge in [-0.05, 0) is 43.1 Å². The average molecular weight is 390 g/mol. The lowest BCUT2D eigenvalue weighted by Crippen LogP contribution is -2.00. The zero-order valence-electron chi connectivity index (χ0n) is 14.8. The van der Waals surface area contributed by atoms with E-state index < -0.39 is 10.7 Å². The summed E-state index contributed by atoms with van der Waals surface area (Å²) in [5.74, 6) is 0.428. The van der Waals surface area contributed by atoms with E-state index in [1.807, 2.05) is 6.92 Å². The Morgan fingerprint density at radius 1 is 1.37 bits per heavy atom. The number of hydrogen-bond acceptors (Lipinski definition) is 6. The molecule has 3 rings (SSSR count). The molecule has 0 aromatic carbocycles. The van der Waals surface area contributed by atoms with Gasteiger partial charge in [0.15, 0.2) is 10.8 Å². The first-order valence-corrected chi connectivity index (χ1v) is 8.32. The zero-order valence-corrected chi connectivity index (χ0v) is 15.6. The van der Waals surface area contributed by atoms with Crippen molar-refractivity contribution in [2.75, 3.05) is 0 Å². The number of ketones is 1. The van der Waals surface area contributed by atoms with E-state index in [9.17, 15) is 14.9 Å². The van der Waals surface area contributed by atoms with Crippen molar-refractivity contribution >= 4 is 29.3 Å². The predicted molar refractivity (Wildman–Crippen MR) is 97.7 cm³/mol. The standard InChI is InChI=1S/C17H16ClN5O4/c1-10-16(11(2)21(3)19-10)15(24)7-6-12-4-5-13(27-12)8-22-9-14(18)17(20-22)23(25)26/h4-7,9H,8H2,1-3H3/b7-6+. The van der Waals surface area contributed by atoms with E-state index in [0.29, 0.717) is 22.8 Å². The van der Waals surface area contributed by atoms with Crippen molar-refractivity contribution < 1.29 is 14.1 Å². The van der Waals surface area contributed by atoms with Crippen LogP contribution in [0.1, 0.15) is 33.3 Å². The molecule has 0 atom stereocenters. The van der Waals surface area contributed by atoms with Gasteiger partial charge in [-0.25, -0.2) is 0 Å². The van der Waals surface area contributed by atoms with Gasteiger partial charge in [0.1, 0.15) is 18.1 Å². The Bertz CT molecular complexity index is 1060. The fraction of sp³-hybridized carbons (Fsp3) is 0.235. The highest BCUT2D eigenvalue weighted by atomic mass is 35.5. The highest BCUT2D eigenvalue weighted by Gasteiger charge is 2.19. The maximum absolute atomic E-state index is 12.4. The van der Waals surface area contributed by atoms with E-state index in [1.165, 1.54) is 17.0 Å². The second-order valence-corrected chi connectivity index (χ2v) is 6.33. The average Bonchev–Trinajstić information content (AvgIpc) is 3.25. The van der Waals surface area contributed by atoms with Crippen LogP contribution in [0.3, 0.4) is 0 Å². The number of allylic oxidation sites excluding steroid dienone is 1. The summed E-state index contributed by atoms with van der Waals surface area (Å²) in [6.07, 6.45) is 4.35. The van der Waals surface area contributed by atoms with Crippen LogP contribution in [0.5, 0.6) is 0 Å². The molecule has 0 aliphatic carbocycles. The van der Waals surface area contributed by atoms with E-state index in [1.54, 1.807) is 36.9 Å². The Balaban J connectivity index is 1.72. The summed E-state index contributed by atoms with van der Waals surface area (Å²) in [6.45, 7) is 3.80. The van der Waals surface area contributed by atoms with Gasteiger partial charge in [0.05, 0.1) is 22.6 Å². The summed E-state index contributed by atoms with van der Waals surface area (Å²) in [6, 6.07) is 3.40. The first kappa shape index (κ1) is 18.6. The topological polar surface area (TPSA) is 109 Å². The molecular weight excluding hydrogens is 374 g/mol. The summed E-state index contributed by atoms with van der Waals surface area (Å²) >= 11 is 5.77. The molecule has 9 nitrogen and oxygen atoms in total. The number of furan rings is 1. The Labute approximate surface area is 159 Å². The monoisotopic (exact) mass is 389 g/mol. The minimum absolute atomic E-state index is 0.0421. The van der Waals surface area contributed by atoms with Crippen molar-refractivity contribution in [3.8, 4) is 0 Å². The molecule has 10 heteroatoms. The smallest absolute Gasteiger partial charge is 0.408 e. The molecule has 0 fully saturated rings. The Hall–Kier alpha value is -3.20. The van der Waals surface area contributed by atoms with E-state index >= 15 is 0 Å². The molecule has 3 aromatic rings. The summed E-state index contributed by atoms with van der Waals surface area (Å²) in [5.41, 5.74) is 2.03. The van der Waals surface area contributed by atoms with Crippen LogP contribution in [0.2, 0.25) is 5.02 Å². The molecular formula is C17H16ClN5O4. The second kappa shape index (κ2) is 7.20. The molecule has 3 aromatic heterocycles. The SMILES string of the molecule is Cc1nn(C)c(C)c1C(=O)/C=C/c1ccc(Cn2cc(Cl)c([N+](=O)[O-])n2)o1. The number of aryl methyl sites for hydroxylation is 2. The third kappa shape index (κ3) is 3.82. The van der Waals surface area contributed by atoms with Gasteiger partial charge in [-0.15, -0.1) is 0 Å². The molecule has 140 valence electrons. The number of nitro groups is 1. The van der Waals surface area contributed by atoms with Crippen LogP contribution in [0, 0.1) is 24.0 Å². The Morgan fingerprint density at radius 3 is 2.70 bits per heavy atom. The fourth-order valence-corrected chi connectivity index (χ4v) is 2.91. The van der Waals surface area contributed by atoms with Gasteiger partial charge in [0, 0.05) is 12.7 Å². The third-order valence-electron chi connectivity index (χ3n) is 4.03. The summed E-state index contributed by atoms with van der Waals surface area (Å²) in [7, 11) is 1.79. The molecule has 0 radical (unpaired) electrons. The van der Waals surface area contributed by atoms with E-state index in [-0.39, 0.29) is 17.4 Å². The second-order valence-electron chi connectivity index (χ2n) is 5.93.